The second-order valence-electron chi connectivity index (χ2n) is 9.10. The van der Waals surface area contributed by atoms with Gasteiger partial charge >= 0.3 is 5.69 Å². The average Bonchev–Trinajstić information content (AvgIpc) is 3.44. The molecule has 1 unspecified atom stereocenters. The van der Waals surface area contributed by atoms with Crippen LogP contribution in [0, 0.1) is 0 Å². The van der Waals surface area contributed by atoms with Crippen molar-refractivity contribution in [2.24, 2.45) is 0 Å². The highest BCUT2D eigenvalue weighted by atomic mass is 16.2. The molecule has 9 heteroatoms. The number of amides is 2. The minimum Gasteiger partial charge on any atom is -0.371 e. The summed E-state index contributed by atoms with van der Waals surface area (Å²) in [5.74, 6) is -0.852. The van der Waals surface area contributed by atoms with E-state index in [1.54, 1.807) is 37.3 Å². The number of rotatable bonds is 6. The Kier molecular flexibility index (Phi) is 6.59. The van der Waals surface area contributed by atoms with Gasteiger partial charge in [0.15, 0.2) is 0 Å². The molecular weight excluding hydrogens is 470 g/mol. The Morgan fingerprint density at radius 3 is 2.38 bits per heavy atom. The van der Waals surface area contributed by atoms with Crippen molar-refractivity contribution >= 4 is 34.1 Å². The standard InChI is InChI=1S/C28H27N5O4/c1-18(25(34)30-20-8-7-11-22(17-20)32-14-5-6-15-32)29-26(35)19-12-13-23-24(16-19)31-28(37)33(27(23)36)21-9-3-2-4-10-21/h2-4,7-13,16-18H,5-6,14-15H2,1H3,(H,29,35)(H,30,34)(H,31,37). The van der Waals surface area contributed by atoms with Crippen molar-refractivity contribution in [2.75, 3.05) is 23.3 Å². The van der Waals surface area contributed by atoms with Crippen LogP contribution in [0.5, 0.6) is 0 Å². The second kappa shape index (κ2) is 10.1. The van der Waals surface area contributed by atoms with E-state index < -0.39 is 23.2 Å². The van der Waals surface area contributed by atoms with Gasteiger partial charge in [-0.3, -0.25) is 14.4 Å². The van der Waals surface area contributed by atoms with Crippen molar-refractivity contribution in [1.29, 1.82) is 0 Å². The largest absolute Gasteiger partial charge is 0.371 e. The number of benzene rings is 3. The normalized spacial score (nSPS) is 13.9. The highest BCUT2D eigenvalue weighted by molar-refractivity contribution is 6.02. The molecule has 3 aromatic carbocycles. The van der Waals surface area contributed by atoms with Crippen molar-refractivity contribution < 1.29 is 9.59 Å². The van der Waals surface area contributed by atoms with E-state index in [2.05, 4.69) is 20.5 Å². The molecule has 2 amide bonds. The molecular formula is C28H27N5O4. The Hall–Kier alpha value is -4.66. The van der Waals surface area contributed by atoms with Crippen molar-refractivity contribution in [3.63, 3.8) is 0 Å². The third kappa shape index (κ3) is 5.02. The van der Waals surface area contributed by atoms with Gasteiger partial charge in [0, 0.05) is 30.0 Å². The number of H-pyrrole nitrogens is 1. The lowest BCUT2D eigenvalue weighted by atomic mass is 10.1. The molecule has 1 aromatic heterocycles. The third-order valence-electron chi connectivity index (χ3n) is 6.50. The Labute approximate surface area is 212 Å². The molecule has 0 spiro atoms. The summed E-state index contributed by atoms with van der Waals surface area (Å²) >= 11 is 0. The van der Waals surface area contributed by atoms with Crippen LogP contribution in [-0.4, -0.2) is 40.5 Å². The number of carbonyl (C=O) groups excluding carboxylic acids is 2. The molecule has 0 bridgehead atoms. The molecule has 1 fully saturated rings. The quantitative estimate of drug-likeness (QED) is 0.379. The summed E-state index contributed by atoms with van der Waals surface area (Å²) in [6.45, 7) is 3.60. The van der Waals surface area contributed by atoms with Gasteiger partial charge in [0.1, 0.15) is 6.04 Å². The number of nitrogens with one attached hydrogen (secondary N) is 3. The maximum Gasteiger partial charge on any atom is 0.333 e. The SMILES string of the molecule is CC(NC(=O)c1ccc2c(=O)n(-c3ccccc3)c(=O)[nH]c2c1)C(=O)Nc1cccc(N2CCCC2)c1. The molecule has 188 valence electrons. The molecule has 0 saturated carbocycles. The number of aromatic amines is 1. The number of aromatic nitrogens is 2. The molecule has 1 aliphatic heterocycles. The summed E-state index contributed by atoms with van der Waals surface area (Å²) in [6, 6.07) is 19.9. The second-order valence-corrected chi connectivity index (χ2v) is 9.10. The van der Waals surface area contributed by atoms with E-state index in [0.29, 0.717) is 11.4 Å². The highest BCUT2D eigenvalue weighted by Crippen LogP contribution is 2.23. The zero-order valence-electron chi connectivity index (χ0n) is 20.4. The number of hydrogen-bond acceptors (Lipinski definition) is 5. The minimum absolute atomic E-state index is 0.218. The van der Waals surface area contributed by atoms with Crippen molar-refractivity contribution in [2.45, 2.75) is 25.8 Å². The fourth-order valence-corrected chi connectivity index (χ4v) is 4.52. The first-order valence-electron chi connectivity index (χ1n) is 12.2. The van der Waals surface area contributed by atoms with E-state index in [4.69, 9.17) is 0 Å². The van der Waals surface area contributed by atoms with Gasteiger partial charge in [-0.05, 0) is 68.3 Å². The summed E-state index contributed by atoms with van der Waals surface area (Å²) < 4.78 is 1.05. The van der Waals surface area contributed by atoms with Crippen molar-refractivity contribution in [1.82, 2.24) is 14.9 Å². The van der Waals surface area contributed by atoms with E-state index in [-0.39, 0.29) is 22.4 Å². The summed E-state index contributed by atoms with van der Waals surface area (Å²) in [4.78, 5) is 56.2. The summed E-state index contributed by atoms with van der Waals surface area (Å²) in [5, 5.41) is 5.80. The van der Waals surface area contributed by atoms with Crippen LogP contribution in [-0.2, 0) is 4.79 Å². The average molecular weight is 498 g/mol. The van der Waals surface area contributed by atoms with Gasteiger partial charge in [-0.25, -0.2) is 9.36 Å². The van der Waals surface area contributed by atoms with E-state index >= 15 is 0 Å². The van der Waals surface area contributed by atoms with Crippen LogP contribution in [0.4, 0.5) is 11.4 Å². The van der Waals surface area contributed by atoms with Crippen LogP contribution in [0.1, 0.15) is 30.1 Å². The van der Waals surface area contributed by atoms with Gasteiger partial charge < -0.3 is 20.5 Å². The van der Waals surface area contributed by atoms with Crippen LogP contribution in [0.3, 0.4) is 0 Å². The number of anilines is 2. The molecule has 1 saturated heterocycles. The van der Waals surface area contributed by atoms with Gasteiger partial charge in [-0.15, -0.1) is 0 Å². The number of carbonyl (C=O) groups is 2. The first-order chi connectivity index (χ1) is 17.9. The van der Waals surface area contributed by atoms with Crippen molar-refractivity contribution in [3.05, 3.63) is 99.2 Å². The molecule has 3 N–H and O–H groups in total. The molecule has 9 nitrogen and oxygen atoms in total. The maximum atomic E-state index is 13.0. The van der Waals surface area contributed by atoms with Gasteiger partial charge in [0.05, 0.1) is 16.6 Å². The Bertz CT molecular complexity index is 1590. The van der Waals surface area contributed by atoms with Crippen LogP contribution >= 0.6 is 0 Å². The molecule has 2 heterocycles. The molecule has 37 heavy (non-hydrogen) atoms. The van der Waals surface area contributed by atoms with Gasteiger partial charge in [-0.1, -0.05) is 24.3 Å². The first-order valence-corrected chi connectivity index (χ1v) is 12.2. The summed E-state index contributed by atoms with van der Waals surface area (Å²) in [5.41, 5.74) is 1.53. The van der Waals surface area contributed by atoms with E-state index in [0.717, 1.165) is 36.2 Å². The minimum atomic E-state index is -0.816. The number of hydrogen-bond donors (Lipinski definition) is 3. The smallest absolute Gasteiger partial charge is 0.333 e. The maximum absolute atomic E-state index is 13.0. The van der Waals surface area contributed by atoms with E-state index in [9.17, 15) is 19.2 Å². The van der Waals surface area contributed by atoms with Crippen LogP contribution in [0.25, 0.3) is 16.6 Å². The number of para-hydroxylation sites is 1. The van der Waals surface area contributed by atoms with Gasteiger partial charge in [-0.2, -0.15) is 0 Å². The van der Waals surface area contributed by atoms with Crippen LogP contribution in [0.2, 0.25) is 0 Å². The van der Waals surface area contributed by atoms with Crippen LogP contribution < -0.4 is 26.8 Å². The molecule has 0 aliphatic carbocycles. The van der Waals surface area contributed by atoms with Crippen LogP contribution in [0.15, 0.2) is 82.4 Å². The van der Waals surface area contributed by atoms with Crippen molar-refractivity contribution in [3.8, 4) is 5.69 Å². The lowest BCUT2D eigenvalue weighted by Crippen LogP contribution is -2.41. The Balaban J connectivity index is 1.30. The molecule has 5 rings (SSSR count). The third-order valence-corrected chi connectivity index (χ3v) is 6.50. The van der Waals surface area contributed by atoms with Gasteiger partial charge in [0.2, 0.25) is 5.91 Å². The van der Waals surface area contributed by atoms with Gasteiger partial charge in [0.25, 0.3) is 11.5 Å². The van der Waals surface area contributed by atoms with E-state index in [1.807, 2.05) is 24.3 Å². The molecule has 1 atom stereocenters. The summed E-state index contributed by atoms with van der Waals surface area (Å²) in [6.07, 6.45) is 2.32. The molecule has 1 aliphatic rings. The molecule has 0 radical (unpaired) electrons. The Morgan fingerprint density at radius 1 is 0.892 bits per heavy atom. The number of fused-ring (bicyclic) bond motifs is 1. The lowest BCUT2D eigenvalue weighted by molar-refractivity contribution is -0.117. The lowest BCUT2D eigenvalue weighted by Gasteiger charge is -2.19. The van der Waals surface area contributed by atoms with E-state index in [1.165, 1.54) is 18.2 Å². The first kappa shape index (κ1) is 24.1. The zero-order valence-corrected chi connectivity index (χ0v) is 20.4. The fourth-order valence-electron chi connectivity index (χ4n) is 4.52. The predicted octanol–water partition coefficient (Wildman–Crippen LogP) is 3.04. The monoisotopic (exact) mass is 497 g/mol. The highest BCUT2D eigenvalue weighted by Gasteiger charge is 2.19. The number of nitrogens with zero attached hydrogens (tertiary/aromatic N) is 2. The zero-order chi connectivity index (χ0) is 25.9. The fraction of sp³-hybridized carbons (Fsp3) is 0.214. The summed E-state index contributed by atoms with van der Waals surface area (Å²) in [7, 11) is 0. The predicted molar refractivity (Wildman–Crippen MR) is 144 cm³/mol. The topological polar surface area (TPSA) is 116 Å². The molecule has 4 aromatic rings. The Morgan fingerprint density at radius 2 is 1.62 bits per heavy atom.